The van der Waals surface area contributed by atoms with Gasteiger partial charge in [0.05, 0.1) is 34.1 Å². The maximum Gasteiger partial charge on any atom is 0.232 e. The van der Waals surface area contributed by atoms with Crippen molar-refractivity contribution in [1.29, 1.82) is 10.5 Å². The van der Waals surface area contributed by atoms with E-state index in [4.69, 9.17) is 18.8 Å². The molecule has 0 spiro atoms. The molecule has 12 aromatic carbocycles. The van der Waals surface area contributed by atoms with Gasteiger partial charge in [0.1, 0.15) is 33.5 Å². The standard InChI is InChI=1S/2C45H27N3O/c46-27-29-18-21-36-37-22-19-32(26-40(37)45(39(36)24-29,34-12-3-1-4-13-34)35-14-5-2-6-15-35)30-10-9-11-31(25-30)33-20-23-42-47-43-38-16-7-8-17-41(38)49-44(43)48(42)28-33;46-27-29-15-22-36-37-23-20-32(26-40(37)45(39(36)25-29,34-9-3-1-4-10-34)35-11-5-2-6-12-35)30-16-18-31(19-17-30)33-21-24-42-47-43-38-13-7-8-14-41(38)49-44(43)48(42)28-33/h2*1-26,28H. The predicted molar refractivity (Wildman–Crippen MR) is 391 cm³/mol. The maximum absolute atomic E-state index is 9.98. The number of hydrogen-bond acceptors (Lipinski definition) is 6. The smallest absolute Gasteiger partial charge is 0.232 e. The van der Waals surface area contributed by atoms with Gasteiger partial charge in [0.2, 0.25) is 11.4 Å². The third-order valence-corrected chi connectivity index (χ3v) is 20.3. The van der Waals surface area contributed by atoms with Gasteiger partial charge in [0.25, 0.3) is 0 Å². The zero-order chi connectivity index (χ0) is 65.1. The molecular weight excluding hydrogens is 1200 g/mol. The SMILES string of the molecule is N#Cc1ccc2c(c1)C(c1ccccc1)(c1ccccc1)c1cc(-c3ccc(-c4ccc5nc6c7ccccc7oc6n5c4)cc3)ccc1-2.N#Cc1ccc2c(c1)C(c1ccccc1)(c1ccccc1)c1cc(-c3cccc(-c4ccc5nc6c7ccccc7oc6n5c4)c3)ccc1-2. The minimum atomic E-state index is -0.585. The van der Waals surface area contributed by atoms with E-state index in [1.165, 1.54) is 44.5 Å². The highest BCUT2D eigenvalue weighted by Gasteiger charge is 2.48. The van der Waals surface area contributed by atoms with E-state index >= 15 is 0 Å². The van der Waals surface area contributed by atoms with Crippen molar-refractivity contribution >= 4 is 55.7 Å². The first kappa shape index (κ1) is 56.2. The molecule has 20 rings (SSSR count). The second-order valence-corrected chi connectivity index (χ2v) is 25.4. The number of fused-ring (bicyclic) bond motifs is 16. The van der Waals surface area contributed by atoms with Crippen LogP contribution in [0.3, 0.4) is 0 Å². The van der Waals surface area contributed by atoms with Crippen LogP contribution in [0, 0.1) is 22.7 Å². The number of furan rings is 2. The fourth-order valence-corrected chi connectivity index (χ4v) is 15.9. The van der Waals surface area contributed by atoms with E-state index in [-0.39, 0.29) is 0 Å². The molecule has 6 heterocycles. The van der Waals surface area contributed by atoms with E-state index in [2.05, 4.69) is 291 Å². The molecule has 0 radical (unpaired) electrons. The summed E-state index contributed by atoms with van der Waals surface area (Å²) in [6.45, 7) is 0. The molecular formula is C90H54N6O2. The Kier molecular flexibility index (Phi) is 12.7. The summed E-state index contributed by atoms with van der Waals surface area (Å²) in [4.78, 5) is 9.73. The molecule has 0 saturated carbocycles. The Morgan fingerprint density at radius 2 is 0.612 bits per heavy atom. The number of hydrogen-bond donors (Lipinski definition) is 0. The minimum absolute atomic E-state index is 0.571. The first-order valence-electron chi connectivity index (χ1n) is 32.9. The van der Waals surface area contributed by atoms with Crippen LogP contribution in [0.15, 0.2) is 337 Å². The second kappa shape index (κ2) is 22.1. The van der Waals surface area contributed by atoms with Gasteiger partial charge in [-0.15, -0.1) is 0 Å². The van der Waals surface area contributed by atoms with E-state index in [0.717, 1.165) is 122 Å². The molecule has 0 unspecified atom stereocenters. The first-order valence-corrected chi connectivity index (χ1v) is 32.9. The number of para-hydroxylation sites is 2. The number of aromatic nitrogens is 4. The summed E-state index contributed by atoms with van der Waals surface area (Å²) in [6, 6.07) is 115. The van der Waals surface area contributed by atoms with Crippen LogP contribution in [-0.4, -0.2) is 18.8 Å². The Bertz CT molecular complexity index is 6250. The molecule has 0 aliphatic heterocycles. The highest BCUT2D eigenvalue weighted by atomic mass is 16.3. The van der Waals surface area contributed by atoms with Gasteiger partial charge >= 0.3 is 0 Å². The summed E-state index contributed by atoms with van der Waals surface area (Å²) in [5.74, 6) is 0. The Labute approximate surface area is 563 Å². The van der Waals surface area contributed by atoms with Crippen LogP contribution in [0.4, 0.5) is 0 Å². The molecule has 456 valence electrons. The number of nitriles is 2. The van der Waals surface area contributed by atoms with E-state index in [9.17, 15) is 10.5 Å². The van der Waals surface area contributed by atoms with Crippen molar-refractivity contribution in [2.75, 3.05) is 0 Å². The van der Waals surface area contributed by atoms with Crippen molar-refractivity contribution in [1.82, 2.24) is 18.8 Å². The molecule has 98 heavy (non-hydrogen) atoms. The van der Waals surface area contributed by atoms with Crippen LogP contribution in [-0.2, 0) is 10.8 Å². The van der Waals surface area contributed by atoms with Crippen molar-refractivity contribution in [3.05, 3.63) is 383 Å². The van der Waals surface area contributed by atoms with Gasteiger partial charge in [0, 0.05) is 23.2 Å². The lowest BCUT2D eigenvalue weighted by Gasteiger charge is -2.34. The third kappa shape index (κ3) is 8.48. The van der Waals surface area contributed by atoms with Crippen LogP contribution in [0.25, 0.3) is 122 Å². The number of pyridine rings is 2. The molecule has 8 nitrogen and oxygen atoms in total. The van der Waals surface area contributed by atoms with E-state index in [1.807, 2.05) is 57.3 Å². The number of benzene rings is 12. The van der Waals surface area contributed by atoms with Gasteiger partial charge in [-0.1, -0.05) is 224 Å². The van der Waals surface area contributed by atoms with Crippen molar-refractivity contribution in [2.24, 2.45) is 0 Å². The third-order valence-electron chi connectivity index (χ3n) is 20.3. The Morgan fingerprint density at radius 1 is 0.286 bits per heavy atom. The normalized spacial score (nSPS) is 13.0. The molecule has 0 amide bonds. The number of rotatable bonds is 8. The van der Waals surface area contributed by atoms with Gasteiger partial charge in [0.15, 0.2) is 0 Å². The van der Waals surface area contributed by atoms with Crippen molar-refractivity contribution in [3.8, 4) is 78.9 Å². The van der Waals surface area contributed by atoms with E-state index < -0.39 is 10.8 Å². The average molecular weight is 1250 g/mol. The van der Waals surface area contributed by atoms with Crippen molar-refractivity contribution < 1.29 is 8.83 Å². The molecule has 2 aliphatic carbocycles. The van der Waals surface area contributed by atoms with Gasteiger partial charge in [-0.3, -0.25) is 8.80 Å². The molecule has 0 bridgehead atoms. The molecule has 0 atom stereocenters. The van der Waals surface area contributed by atoms with Crippen LogP contribution in [0.5, 0.6) is 0 Å². The Hall–Kier alpha value is -13.4. The summed E-state index contributed by atoms with van der Waals surface area (Å²) in [5.41, 5.74) is 29.9. The number of imidazole rings is 2. The Morgan fingerprint density at radius 3 is 1.04 bits per heavy atom. The summed E-state index contributed by atoms with van der Waals surface area (Å²) in [5, 5.41) is 22.0. The van der Waals surface area contributed by atoms with Gasteiger partial charge in [-0.25, -0.2) is 9.97 Å². The molecule has 6 aromatic heterocycles. The molecule has 0 saturated heterocycles. The van der Waals surface area contributed by atoms with Crippen molar-refractivity contribution in [2.45, 2.75) is 10.8 Å². The highest BCUT2D eigenvalue weighted by Crippen LogP contribution is 2.59. The molecule has 2 aliphatic rings. The average Bonchev–Trinajstić information content (AvgIpc) is 1.53. The fourth-order valence-electron chi connectivity index (χ4n) is 15.9. The topological polar surface area (TPSA) is 108 Å². The highest BCUT2D eigenvalue weighted by molar-refractivity contribution is 6.04. The summed E-state index contributed by atoms with van der Waals surface area (Å²) < 4.78 is 16.6. The zero-order valence-electron chi connectivity index (χ0n) is 52.7. The van der Waals surface area contributed by atoms with Gasteiger partial charge in [-0.2, -0.15) is 10.5 Å². The second-order valence-electron chi connectivity index (χ2n) is 25.4. The lowest BCUT2D eigenvalue weighted by Crippen LogP contribution is -2.28. The first-order chi connectivity index (χ1) is 48.4. The molecule has 8 heteroatoms. The molecule has 0 N–H and O–H groups in total. The van der Waals surface area contributed by atoms with E-state index in [1.54, 1.807) is 0 Å². The van der Waals surface area contributed by atoms with E-state index in [0.29, 0.717) is 11.1 Å². The maximum atomic E-state index is 9.98. The molecule has 0 fully saturated rings. The largest absolute Gasteiger partial charge is 0.437 e. The fraction of sp³-hybridized carbons (Fsp3) is 0.0222. The zero-order valence-corrected chi connectivity index (χ0v) is 52.7. The number of nitrogens with zero attached hydrogens (tertiary/aromatic N) is 6. The van der Waals surface area contributed by atoms with Gasteiger partial charge in [-0.05, 0) is 202 Å². The van der Waals surface area contributed by atoms with Crippen LogP contribution < -0.4 is 0 Å². The van der Waals surface area contributed by atoms with Crippen LogP contribution in [0.1, 0.15) is 55.6 Å². The monoisotopic (exact) mass is 1250 g/mol. The quantitative estimate of drug-likeness (QED) is 0.150. The Balaban J connectivity index is 0.000000137. The summed E-state index contributed by atoms with van der Waals surface area (Å²) in [7, 11) is 0. The van der Waals surface area contributed by atoms with Gasteiger partial charge < -0.3 is 8.83 Å². The lowest BCUT2D eigenvalue weighted by molar-refractivity contribution is 0.649. The summed E-state index contributed by atoms with van der Waals surface area (Å²) in [6.07, 6.45) is 4.23. The van der Waals surface area contributed by atoms with Crippen LogP contribution >= 0.6 is 0 Å². The van der Waals surface area contributed by atoms with Crippen LogP contribution in [0.2, 0.25) is 0 Å². The summed E-state index contributed by atoms with van der Waals surface area (Å²) >= 11 is 0. The lowest BCUT2D eigenvalue weighted by atomic mass is 9.67. The van der Waals surface area contributed by atoms with Crippen molar-refractivity contribution in [3.63, 3.8) is 0 Å². The predicted octanol–water partition coefficient (Wildman–Crippen LogP) is 21.6. The minimum Gasteiger partial charge on any atom is -0.437 e. The molecule has 18 aromatic rings.